The third-order valence-corrected chi connectivity index (χ3v) is 3.01. The minimum absolute atomic E-state index is 0. The predicted octanol–water partition coefficient (Wildman–Crippen LogP) is 2.08. The number of halogens is 3. The molecule has 0 bridgehead atoms. The number of rotatable bonds is 3. The van der Waals surface area contributed by atoms with Crippen molar-refractivity contribution in [3.63, 3.8) is 0 Å². The highest BCUT2D eigenvalue weighted by Gasteiger charge is 2.09. The lowest BCUT2D eigenvalue weighted by Gasteiger charge is -2.12. The number of aliphatic hydroxyl groups excluding tert-OH is 1. The Morgan fingerprint density at radius 1 is 1.33 bits per heavy atom. The second kappa shape index (κ2) is 6.70. The Balaban J connectivity index is 0.00000196. The van der Waals surface area contributed by atoms with Gasteiger partial charge in [-0.1, -0.05) is 15.9 Å². The number of aliphatic hydroxyl groups is 1. The van der Waals surface area contributed by atoms with Crippen molar-refractivity contribution >= 4 is 50.0 Å². The van der Waals surface area contributed by atoms with Crippen LogP contribution in [-0.4, -0.2) is 17.8 Å². The van der Waals surface area contributed by atoms with Crippen molar-refractivity contribution in [1.29, 1.82) is 0 Å². The average Bonchev–Trinajstić information content (AvgIpc) is 2.13. The fourth-order valence-corrected chi connectivity index (χ4v) is 2.47. The van der Waals surface area contributed by atoms with Crippen molar-refractivity contribution in [3.8, 4) is 0 Å². The van der Waals surface area contributed by atoms with E-state index >= 15 is 0 Å². The Bertz CT molecular complexity index is 336. The molecular formula is C9H13Br2ClN2O. The van der Waals surface area contributed by atoms with Crippen LogP contribution >= 0.6 is 44.3 Å². The van der Waals surface area contributed by atoms with Gasteiger partial charge in [-0.05, 0) is 40.0 Å². The van der Waals surface area contributed by atoms with Crippen molar-refractivity contribution in [2.45, 2.75) is 12.5 Å². The summed E-state index contributed by atoms with van der Waals surface area (Å²) in [6.45, 7) is -0.0381. The molecule has 1 unspecified atom stereocenters. The van der Waals surface area contributed by atoms with Crippen molar-refractivity contribution < 1.29 is 5.11 Å². The summed E-state index contributed by atoms with van der Waals surface area (Å²) in [5.41, 5.74) is 13.1. The van der Waals surface area contributed by atoms with Gasteiger partial charge in [0.25, 0.3) is 0 Å². The van der Waals surface area contributed by atoms with Crippen LogP contribution in [0.5, 0.6) is 0 Å². The second-order valence-electron chi connectivity index (χ2n) is 3.11. The third kappa shape index (κ3) is 4.28. The van der Waals surface area contributed by atoms with E-state index < -0.39 is 0 Å². The van der Waals surface area contributed by atoms with Crippen LogP contribution in [-0.2, 0) is 6.42 Å². The second-order valence-corrected chi connectivity index (χ2v) is 4.88. The van der Waals surface area contributed by atoms with E-state index in [0.717, 1.165) is 14.5 Å². The van der Waals surface area contributed by atoms with Crippen molar-refractivity contribution in [2.75, 3.05) is 12.3 Å². The Hall–Kier alpha value is 0.190. The SMILES string of the molecule is Cl.Nc1c(Br)cc(Br)cc1CC(N)CO. The van der Waals surface area contributed by atoms with Crippen LogP contribution in [0.25, 0.3) is 0 Å². The summed E-state index contributed by atoms with van der Waals surface area (Å²) in [4.78, 5) is 0. The highest BCUT2D eigenvalue weighted by Crippen LogP contribution is 2.28. The summed E-state index contributed by atoms with van der Waals surface area (Å²) in [5, 5.41) is 8.84. The lowest BCUT2D eigenvalue weighted by molar-refractivity contribution is 0.265. The Kier molecular flexibility index (Phi) is 6.79. The lowest BCUT2D eigenvalue weighted by Crippen LogP contribution is -2.27. The van der Waals surface area contributed by atoms with Crippen LogP contribution in [0.1, 0.15) is 5.56 Å². The zero-order valence-electron chi connectivity index (χ0n) is 7.91. The summed E-state index contributed by atoms with van der Waals surface area (Å²) in [5.74, 6) is 0. The first-order valence-electron chi connectivity index (χ1n) is 4.14. The molecule has 0 aromatic heterocycles. The highest BCUT2D eigenvalue weighted by molar-refractivity contribution is 9.11. The van der Waals surface area contributed by atoms with Gasteiger partial charge in [0.05, 0.1) is 6.61 Å². The smallest absolute Gasteiger partial charge is 0.0585 e. The minimum Gasteiger partial charge on any atom is -0.398 e. The van der Waals surface area contributed by atoms with Crippen molar-refractivity contribution in [2.24, 2.45) is 5.73 Å². The quantitative estimate of drug-likeness (QED) is 0.723. The normalized spacial score (nSPS) is 12.0. The molecule has 1 atom stereocenters. The molecule has 1 aromatic carbocycles. The van der Waals surface area contributed by atoms with Crippen molar-refractivity contribution in [1.82, 2.24) is 0 Å². The van der Waals surface area contributed by atoms with Gasteiger partial charge in [-0.25, -0.2) is 0 Å². The molecule has 0 spiro atoms. The molecule has 0 aliphatic rings. The molecule has 0 fully saturated rings. The van der Waals surface area contributed by atoms with E-state index in [0.29, 0.717) is 12.1 Å². The fraction of sp³-hybridized carbons (Fsp3) is 0.333. The molecule has 15 heavy (non-hydrogen) atoms. The van der Waals surface area contributed by atoms with E-state index in [1.165, 1.54) is 0 Å². The van der Waals surface area contributed by atoms with E-state index in [2.05, 4.69) is 31.9 Å². The molecule has 0 radical (unpaired) electrons. The Morgan fingerprint density at radius 3 is 2.47 bits per heavy atom. The summed E-state index contributed by atoms with van der Waals surface area (Å²) in [7, 11) is 0. The summed E-state index contributed by atoms with van der Waals surface area (Å²) < 4.78 is 1.78. The van der Waals surface area contributed by atoms with Crippen LogP contribution < -0.4 is 11.5 Å². The third-order valence-electron chi connectivity index (χ3n) is 1.90. The van der Waals surface area contributed by atoms with Gasteiger partial charge in [-0.3, -0.25) is 0 Å². The van der Waals surface area contributed by atoms with Gasteiger partial charge in [-0.15, -0.1) is 12.4 Å². The van der Waals surface area contributed by atoms with Crippen LogP contribution in [0.15, 0.2) is 21.1 Å². The van der Waals surface area contributed by atoms with E-state index in [1.807, 2.05) is 12.1 Å². The maximum Gasteiger partial charge on any atom is 0.0585 e. The van der Waals surface area contributed by atoms with Gasteiger partial charge >= 0.3 is 0 Å². The first kappa shape index (κ1) is 15.2. The number of nitrogen functional groups attached to an aromatic ring is 1. The van der Waals surface area contributed by atoms with E-state index in [9.17, 15) is 0 Å². The molecule has 86 valence electrons. The fourth-order valence-electron chi connectivity index (χ4n) is 1.15. The van der Waals surface area contributed by atoms with E-state index in [-0.39, 0.29) is 25.1 Å². The van der Waals surface area contributed by atoms with Gasteiger partial charge in [0.1, 0.15) is 0 Å². The Labute approximate surface area is 112 Å². The van der Waals surface area contributed by atoms with Gasteiger partial charge in [0, 0.05) is 20.7 Å². The molecule has 0 saturated heterocycles. The average molecular weight is 360 g/mol. The van der Waals surface area contributed by atoms with E-state index in [1.54, 1.807) is 0 Å². The van der Waals surface area contributed by atoms with Crippen LogP contribution in [0.3, 0.4) is 0 Å². The number of hydrogen-bond acceptors (Lipinski definition) is 3. The molecule has 0 saturated carbocycles. The molecular weight excluding hydrogens is 347 g/mol. The van der Waals surface area contributed by atoms with Gasteiger partial charge < -0.3 is 16.6 Å². The predicted molar refractivity (Wildman–Crippen MR) is 72.3 cm³/mol. The first-order chi connectivity index (χ1) is 6.54. The largest absolute Gasteiger partial charge is 0.398 e. The first-order valence-corrected chi connectivity index (χ1v) is 5.73. The Morgan fingerprint density at radius 2 is 1.93 bits per heavy atom. The van der Waals surface area contributed by atoms with Gasteiger partial charge in [0.2, 0.25) is 0 Å². The summed E-state index contributed by atoms with van der Waals surface area (Å²) in [6, 6.07) is 3.53. The van der Waals surface area contributed by atoms with Gasteiger partial charge in [0.15, 0.2) is 0 Å². The zero-order valence-corrected chi connectivity index (χ0v) is 11.9. The van der Waals surface area contributed by atoms with Crippen LogP contribution in [0.2, 0.25) is 0 Å². The van der Waals surface area contributed by atoms with Crippen LogP contribution in [0.4, 0.5) is 5.69 Å². The maximum absolute atomic E-state index is 8.84. The molecule has 0 aliphatic carbocycles. The monoisotopic (exact) mass is 358 g/mol. The summed E-state index contributed by atoms with van der Waals surface area (Å²) in [6.07, 6.45) is 0.570. The molecule has 3 nitrogen and oxygen atoms in total. The highest BCUT2D eigenvalue weighted by atomic mass is 79.9. The lowest BCUT2D eigenvalue weighted by atomic mass is 10.1. The van der Waals surface area contributed by atoms with Crippen LogP contribution in [0, 0.1) is 0 Å². The number of benzene rings is 1. The zero-order chi connectivity index (χ0) is 10.7. The maximum atomic E-state index is 8.84. The number of anilines is 1. The molecule has 0 heterocycles. The topological polar surface area (TPSA) is 72.3 Å². The molecule has 1 rings (SSSR count). The minimum atomic E-state index is -0.265. The molecule has 5 N–H and O–H groups in total. The summed E-state index contributed by atoms with van der Waals surface area (Å²) >= 11 is 6.72. The molecule has 6 heteroatoms. The van der Waals surface area contributed by atoms with Gasteiger partial charge in [-0.2, -0.15) is 0 Å². The molecule has 0 amide bonds. The number of nitrogens with two attached hydrogens (primary N) is 2. The van der Waals surface area contributed by atoms with Crippen molar-refractivity contribution in [3.05, 3.63) is 26.6 Å². The molecule has 1 aromatic rings. The number of hydrogen-bond donors (Lipinski definition) is 3. The van der Waals surface area contributed by atoms with E-state index in [4.69, 9.17) is 16.6 Å². The standard InChI is InChI=1S/C9H12Br2N2O.ClH/c10-6-1-5(2-7(12)4-14)9(13)8(11)3-6;/h1,3,7,14H,2,4,12-13H2;1H. The molecule has 0 aliphatic heterocycles.